The monoisotopic (exact) mass is 441 g/mol. The van der Waals surface area contributed by atoms with E-state index in [1.54, 1.807) is 29.6 Å². The lowest BCUT2D eigenvalue weighted by molar-refractivity contribution is -0.116. The standard InChI is InChI=1S/C23H23NO4S2/c1-14(2)28-17-6-4-5-16(11-17)19-12-21(25)24-22-20(13-29-23(19)22)30(26,27)18-9-7-15(3)8-10-18/h4-11,13-14,19H,12H2,1-3H3,(H,24,25)/t19-/m0/s1. The minimum Gasteiger partial charge on any atom is -0.491 e. The van der Waals surface area contributed by atoms with Gasteiger partial charge in [0.15, 0.2) is 0 Å². The van der Waals surface area contributed by atoms with Crippen LogP contribution < -0.4 is 10.1 Å². The Morgan fingerprint density at radius 2 is 1.87 bits per heavy atom. The van der Waals surface area contributed by atoms with E-state index in [2.05, 4.69) is 5.32 Å². The zero-order valence-electron chi connectivity index (χ0n) is 17.0. The average molecular weight is 442 g/mol. The molecular weight excluding hydrogens is 418 g/mol. The van der Waals surface area contributed by atoms with Crippen molar-refractivity contribution in [2.45, 2.75) is 49.0 Å². The molecule has 0 radical (unpaired) electrons. The van der Waals surface area contributed by atoms with Crippen molar-refractivity contribution < 1.29 is 17.9 Å². The number of benzene rings is 2. The van der Waals surface area contributed by atoms with Crippen molar-refractivity contribution >= 4 is 32.8 Å². The summed E-state index contributed by atoms with van der Waals surface area (Å²) in [6, 6.07) is 14.4. The Bertz CT molecular complexity index is 1190. The highest BCUT2D eigenvalue weighted by atomic mass is 32.2. The first-order valence-electron chi connectivity index (χ1n) is 9.75. The minimum atomic E-state index is -3.74. The van der Waals surface area contributed by atoms with E-state index in [9.17, 15) is 13.2 Å². The molecular formula is C23H23NO4S2. The topological polar surface area (TPSA) is 72.5 Å². The van der Waals surface area contributed by atoms with Crippen molar-refractivity contribution in [2.75, 3.05) is 5.32 Å². The fraction of sp³-hybridized carbons (Fsp3) is 0.261. The molecule has 3 aromatic rings. The van der Waals surface area contributed by atoms with Crippen molar-refractivity contribution in [2.24, 2.45) is 0 Å². The summed E-state index contributed by atoms with van der Waals surface area (Å²) < 4.78 is 32.3. The van der Waals surface area contributed by atoms with Crippen LogP contribution in [0.25, 0.3) is 0 Å². The van der Waals surface area contributed by atoms with Gasteiger partial charge in [0.1, 0.15) is 10.6 Å². The van der Waals surface area contributed by atoms with Gasteiger partial charge in [0.2, 0.25) is 15.7 Å². The summed E-state index contributed by atoms with van der Waals surface area (Å²) in [5.74, 6) is 0.331. The number of anilines is 1. The van der Waals surface area contributed by atoms with Gasteiger partial charge in [0.05, 0.1) is 16.7 Å². The molecule has 2 aromatic carbocycles. The number of ether oxygens (including phenoxy) is 1. The van der Waals surface area contributed by atoms with E-state index in [4.69, 9.17) is 4.74 Å². The number of hydrogen-bond acceptors (Lipinski definition) is 5. The van der Waals surface area contributed by atoms with Gasteiger partial charge in [-0.1, -0.05) is 29.8 Å². The Morgan fingerprint density at radius 1 is 1.13 bits per heavy atom. The summed E-state index contributed by atoms with van der Waals surface area (Å²) in [6.45, 7) is 5.82. The van der Waals surface area contributed by atoms with Crippen molar-refractivity contribution in [3.05, 3.63) is 69.9 Å². The fourth-order valence-electron chi connectivity index (χ4n) is 3.59. The Hall–Kier alpha value is -2.64. The summed E-state index contributed by atoms with van der Waals surface area (Å²) in [4.78, 5) is 13.7. The van der Waals surface area contributed by atoms with Gasteiger partial charge in [-0.25, -0.2) is 8.42 Å². The maximum absolute atomic E-state index is 13.2. The Kier molecular flexibility index (Phi) is 5.42. The third-order valence-electron chi connectivity index (χ3n) is 5.01. The molecule has 1 aliphatic heterocycles. The van der Waals surface area contributed by atoms with E-state index < -0.39 is 9.84 Å². The first-order valence-corrected chi connectivity index (χ1v) is 12.1. The molecule has 156 valence electrons. The minimum absolute atomic E-state index is 0.0402. The molecule has 0 saturated heterocycles. The van der Waals surface area contributed by atoms with Crippen molar-refractivity contribution in [3.8, 4) is 5.75 Å². The zero-order valence-corrected chi connectivity index (χ0v) is 18.6. The number of carbonyl (C=O) groups excluding carboxylic acids is 1. The molecule has 1 aliphatic rings. The fourth-order valence-corrected chi connectivity index (χ4v) is 6.50. The number of sulfone groups is 1. The second-order valence-electron chi connectivity index (χ2n) is 7.70. The number of fused-ring (bicyclic) bond motifs is 1. The van der Waals surface area contributed by atoms with E-state index in [1.807, 2.05) is 45.0 Å². The average Bonchev–Trinajstić information content (AvgIpc) is 3.12. The van der Waals surface area contributed by atoms with Crippen LogP contribution in [0.3, 0.4) is 0 Å². The van der Waals surface area contributed by atoms with E-state index in [0.717, 1.165) is 21.8 Å². The van der Waals surface area contributed by atoms with Gasteiger partial charge < -0.3 is 10.1 Å². The number of thiophene rings is 1. The van der Waals surface area contributed by atoms with Crippen LogP contribution in [0.15, 0.2) is 63.7 Å². The van der Waals surface area contributed by atoms with E-state index in [-0.39, 0.29) is 34.1 Å². The third kappa shape index (κ3) is 3.87. The van der Waals surface area contributed by atoms with Crippen LogP contribution in [0.2, 0.25) is 0 Å². The highest BCUT2D eigenvalue weighted by Crippen LogP contribution is 2.46. The molecule has 0 spiro atoms. The molecule has 4 rings (SSSR count). The van der Waals surface area contributed by atoms with Gasteiger partial charge in [-0.15, -0.1) is 11.3 Å². The lowest BCUT2D eigenvalue weighted by Gasteiger charge is -2.24. The van der Waals surface area contributed by atoms with Crippen LogP contribution in [0.1, 0.15) is 42.2 Å². The van der Waals surface area contributed by atoms with Crippen molar-refractivity contribution in [1.29, 1.82) is 0 Å². The molecule has 0 bridgehead atoms. The second-order valence-corrected chi connectivity index (χ2v) is 10.5. The van der Waals surface area contributed by atoms with Crippen LogP contribution in [-0.2, 0) is 14.6 Å². The molecule has 1 aromatic heterocycles. The van der Waals surface area contributed by atoms with Gasteiger partial charge in [0, 0.05) is 22.6 Å². The van der Waals surface area contributed by atoms with E-state index >= 15 is 0 Å². The molecule has 1 amide bonds. The molecule has 0 aliphatic carbocycles. The molecule has 5 nitrogen and oxygen atoms in total. The Labute approximate surface area is 180 Å². The van der Waals surface area contributed by atoms with Crippen LogP contribution in [-0.4, -0.2) is 20.4 Å². The number of amides is 1. The predicted octanol–water partition coefficient (Wildman–Crippen LogP) is 5.15. The number of carbonyl (C=O) groups is 1. The SMILES string of the molecule is Cc1ccc(S(=O)(=O)c2csc3c2NC(=O)C[C@H]3c2cccc(OC(C)C)c2)cc1. The highest BCUT2D eigenvalue weighted by molar-refractivity contribution is 7.91. The summed E-state index contributed by atoms with van der Waals surface area (Å²) >= 11 is 1.37. The first kappa shape index (κ1) is 20.6. The van der Waals surface area contributed by atoms with E-state index in [1.165, 1.54) is 11.3 Å². The van der Waals surface area contributed by atoms with Gasteiger partial charge in [0.25, 0.3) is 0 Å². The van der Waals surface area contributed by atoms with Gasteiger partial charge in [-0.05, 0) is 50.6 Å². The molecule has 0 unspecified atom stereocenters. The lowest BCUT2D eigenvalue weighted by Crippen LogP contribution is -2.23. The molecule has 1 N–H and O–H groups in total. The summed E-state index contributed by atoms with van der Waals surface area (Å²) in [5, 5.41) is 4.44. The number of rotatable bonds is 5. The number of aryl methyl sites for hydroxylation is 1. The highest BCUT2D eigenvalue weighted by Gasteiger charge is 2.34. The Morgan fingerprint density at radius 3 is 2.57 bits per heavy atom. The normalized spacial score (nSPS) is 16.3. The zero-order chi connectivity index (χ0) is 21.5. The maximum atomic E-state index is 13.2. The van der Waals surface area contributed by atoms with Crippen molar-refractivity contribution in [1.82, 2.24) is 0 Å². The third-order valence-corrected chi connectivity index (χ3v) is 8.05. The number of nitrogens with one attached hydrogen (secondary N) is 1. The van der Waals surface area contributed by atoms with Crippen LogP contribution in [0, 0.1) is 6.92 Å². The van der Waals surface area contributed by atoms with Crippen LogP contribution in [0.5, 0.6) is 5.75 Å². The molecule has 0 saturated carbocycles. The molecule has 0 fully saturated rings. The van der Waals surface area contributed by atoms with E-state index in [0.29, 0.717) is 5.69 Å². The van der Waals surface area contributed by atoms with Crippen LogP contribution >= 0.6 is 11.3 Å². The molecule has 30 heavy (non-hydrogen) atoms. The largest absolute Gasteiger partial charge is 0.491 e. The maximum Gasteiger partial charge on any atom is 0.225 e. The van der Waals surface area contributed by atoms with Gasteiger partial charge >= 0.3 is 0 Å². The first-order chi connectivity index (χ1) is 14.3. The summed E-state index contributed by atoms with van der Waals surface area (Å²) in [6.07, 6.45) is 0.307. The smallest absolute Gasteiger partial charge is 0.225 e. The molecule has 7 heteroatoms. The van der Waals surface area contributed by atoms with Gasteiger partial charge in [-0.3, -0.25) is 4.79 Å². The molecule has 2 heterocycles. The predicted molar refractivity (Wildman–Crippen MR) is 118 cm³/mol. The summed E-state index contributed by atoms with van der Waals surface area (Å²) in [7, 11) is -3.74. The van der Waals surface area contributed by atoms with Crippen molar-refractivity contribution in [3.63, 3.8) is 0 Å². The summed E-state index contributed by atoms with van der Waals surface area (Å²) in [5.41, 5.74) is 2.32. The number of hydrogen-bond donors (Lipinski definition) is 1. The quantitative estimate of drug-likeness (QED) is 0.594. The van der Waals surface area contributed by atoms with Crippen LogP contribution in [0.4, 0.5) is 5.69 Å². The van der Waals surface area contributed by atoms with Gasteiger partial charge in [-0.2, -0.15) is 0 Å². The lowest BCUT2D eigenvalue weighted by atomic mass is 9.90. The second kappa shape index (κ2) is 7.89. The molecule has 1 atom stereocenters. The Balaban J connectivity index is 1.77.